The number of benzene rings is 1. The van der Waals surface area contributed by atoms with Crippen LogP contribution in [0.25, 0.3) is 0 Å². The molecule has 21 heavy (non-hydrogen) atoms. The number of hydrogen-bond acceptors (Lipinski definition) is 5. The summed E-state index contributed by atoms with van der Waals surface area (Å²) in [6.07, 6.45) is 0. The lowest BCUT2D eigenvalue weighted by Crippen LogP contribution is -2.17. The topological polar surface area (TPSA) is 98.0 Å². The first kappa shape index (κ1) is 15.8. The molecule has 6 nitrogen and oxygen atoms in total. The Labute approximate surface area is 132 Å². The van der Waals surface area contributed by atoms with E-state index in [1.165, 1.54) is 12.1 Å². The molecule has 1 heterocycles. The fraction of sp³-hybridized carbons (Fsp3) is 0.167. The van der Waals surface area contributed by atoms with Crippen LogP contribution in [0.2, 0.25) is 10.4 Å². The molecule has 9 heteroatoms. The van der Waals surface area contributed by atoms with Crippen LogP contribution in [0.4, 0.5) is 11.5 Å². The minimum atomic E-state index is -3.91. The van der Waals surface area contributed by atoms with E-state index in [0.717, 1.165) is 5.56 Å². The lowest BCUT2D eigenvalue weighted by Gasteiger charge is -2.14. The lowest BCUT2D eigenvalue weighted by atomic mass is 10.1. The molecule has 0 radical (unpaired) electrons. The van der Waals surface area contributed by atoms with Crippen molar-refractivity contribution in [2.75, 3.05) is 10.5 Å². The third-order valence-corrected chi connectivity index (χ3v) is 4.80. The molecule has 2 rings (SSSR count). The fourth-order valence-electron chi connectivity index (χ4n) is 1.80. The van der Waals surface area contributed by atoms with Crippen molar-refractivity contribution >= 4 is 44.7 Å². The highest BCUT2D eigenvalue weighted by molar-refractivity contribution is 7.93. The van der Waals surface area contributed by atoms with Gasteiger partial charge in [0, 0.05) is 6.07 Å². The largest absolute Gasteiger partial charge is 0.398 e. The van der Waals surface area contributed by atoms with Crippen LogP contribution in [-0.4, -0.2) is 18.4 Å². The minimum absolute atomic E-state index is 0.00774. The van der Waals surface area contributed by atoms with Crippen LogP contribution < -0.4 is 10.5 Å². The molecular weight excluding hydrogens is 335 g/mol. The van der Waals surface area contributed by atoms with Crippen molar-refractivity contribution in [2.24, 2.45) is 0 Å². The Hall–Kier alpha value is -1.57. The van der Waals surface area contributed by atoms with Crippen molar-refractivity contribution in [3.8, 4) is 0 Å². The monoisotopic (exact) mass is 346 g/mol. The Morgan fingerprint density at radius 2 is 1.86 bits per heavy atom. The molecule has 0 saturated heterocycles. The molecule has 0 saturated carbocycles. The van der Waals surface area contributed by atoms with Gasteiger partial charge >= 0.3 is 0 Å². The van der Waals surface area contributed by atoms with Crippen molar-refractivity contribution in [3.63, 3.8) is 0 Å². The van der Waals surface area contributed by atoms with E-state index in [1.54, 1.807) is 19.9 Å². The first-order valence-electron chi connectivity index (χ1n) is 5.79. The second-order valence-corrected chi connectivity index (χ2v) is 6.72. The Balaban J connectivity index is 2.51. The molecule has 0 aliphatic heterocycles. The van der Waals surface area contributed by atoms with Gasteiger partial charge in [0.25, 0.3) is 10.0 Å². The quantitative estimate of drug-likeness (QED) is 0.505. The molecule has 3 N–H and O–H groups in total. The molecule has 1 aromatic carbocycles. The maximum absolute atomic E-state index is 12.5. The summed E-state index contributed by atoms with van der Waals surface area (Å²) in [6.45, 7) is 3.48. The number of anilines is 2. The number of aromatic nitrogens is 2. The van der Waals surface area contributed by atoms with Crippen LogP contribution >= 0.6 is 23.2 Å². The zero-order valence-corrected chi connectivity index (χ0v) is 13.5. The number of nitrogens with two attached hydrogens (primary N) is 1. The van der Waals surface area contributed by atoms with Crippen molar-refractivity contribution < 1.29 is 8.42 Å². The van der Waals surface area contributed by atoms with Gasteiger partial charge in [0.15, 0.2) is 0 Å². The van der Waals surface area contributed by atoms with E-state index < -0.39 is 10.0 Å². The number of nitrogens with zero attached hydrogens (tertiary/aromatic N) is 2. The standard InChI is InChI=1S/C12H12Cl2N4O2S/c1-6-3-4-8(15)11(7(6)2)21(19,20)18-10-5-9(13)16-12(14)17-10/h3-5H,15H2,1-2H3,(H,16,17,18). The van der Waals surface area contributed by atoms with Crippen LogP contribution in [0.1, 0.15) is 11.1 Å². The summed E-state index contributed by atoms with van der Waals surface area (Å²) < 4.78 is 27.3. The number of aryl methyl sites for hydroxylation is 1. The van der Waals surface area contributed by atoms with Crippen molar-refractivity contribution in [3.05, 3.63) is 39.8 Å². The molecule has 1 aromatic heterocycles. The summed E-state index contributed by atoms with van der Waals surface area (Å²) in [7, 11) is -3.91. The van der Waals surface area contributed by atoms with Gasteiger partial charge in [0.05, 0.1) is 5.69 Å². The third-order valence-electron chi connectivity index (χ3n) is 2.88. The average Bonchev–Trinajstić information content (AvgIpc) is 2.32. The Kier molecular flexibility index (Phi) is 4.27. The summed E-state index contributed by atoms with van der Waals surface area (Å²) in [5, 5.41) is -0.129. The van der Waals surface area contributed by atoms with Gasteiger partial charge in [-0.1, -0.05) is 17.7 Å². The maximum Gasteiger partial charge on any atom is 0.265 e. The molecule has 0 aliphatic carbocycles. The van der Waals surface area contributed by atoms with Crippen LogP contribution in [-0.2, 0) is 10.0 Å². The van der Waals surface area contributed by atoms with E-state index in [-0.39, 0.29) is 26.8 Å². The predicted molar refractivity (Wildman–Crippen MR) is 83.2 cm³/mol. The molecule has 112 valence electrons. The second kappa shape index (κ2) is 5.67. The van der Waals surface area contributed by atoms with Gasteiger partial charge < -0.3 is 5.73 Å². The smallest absolute Gasteiger partial charge is 0.265 e. The first-order valence-corrected chi connectivity index (χ1v) is 8.03. The van der Waals surface area contributed by atoms with E-state index in [9.17, 15) is 8.42 Å². The van der Waals surface area contributed by atoms with Crippen LogP contribution in [0, 0.1) is 13.8 Å². The Morgan fingerprint density at radius 1 is 1.19 bits per heavy atom. The highest BCUT2D eigenvalue weighted by Gasteiger charge is 2.22. The zero-order valence-electron chi connectivity index (χ0n) is 11.2. The van der Waals surface area contributed by atoms with Gasteiger partial charge in [-0.25, -0.2) is 13.4 Å². The van der Waals surface area contributed by atoms with E-state index in [1.807, 2.05) is 0 Å². The summed E-state index contributed by atoms with van der Waals surface area (Å²) in [5.74, 6) is -0.0275. The highest BCUT2D eigenvalue weighted by Crippen LogP contribution is 2.27. The minimum Gasteiger partial charge on any atom is -0.398 e. The third kappa shape index (κ3) is 3.37. The Morgan fingerprint density at radius 3 is 2.48 bits per heavy atom. The van der Waals surface area contributed by atoms with Crippen LogP contribution in [0.15, 0.2) is 23.1 Å². The first-order chi connectivity index (χ1) is 9.70. The number of nitrogen functional groups attached to an aromatic ring is 1. The second-order valence-electron chi connectivity index (χ2n) is 4.38. The Bertz CT molecular complexity index is 789. The fourth-order valence-corrected chi connectivity index (χ4v) is 3.63. The number of rotatable bonds is 3. The molecule has 2 aromatic rings. The molecule has 0 fully saturated rings. The molecule has 0 atom stereocenters. The van der Waals surface area contributed by atoms with E-state index >= 15 is 0 Å². The maximum atomic E-state index is 12.5. The molecular formula is C12H12Cl2N4O2S. The van der Waals surface area contributed by atoms with Gasteiger partial charge in [-0.3, -0.25) is 4.72 Å². The SMILES string of the molecule is Cc1ccc(N)c(S(=O)(=O)Nc2cc(Cl)nc(Cl)n2)c1C. The molecule has 0 bridgehead atoms. The lowest BCUT2D eigenvalue weighted by molar-refractivity contribution is 0.600. The average molecular weight is 347 g/mol. The van der Waals surface area contributed by atoms with Crippen molar-refractivity contribution in [1.29, 1.82) is 0 Å². The van der Waals surface area contributed by atoms with Crippen molar-refractivity contribution in [1.82, 2.24) is 9.97 Å². The molecule has 0 aliphatic rings. The number of halogens is 2. The summed E-state index contributed by atoms with van der Waals surface area (Å²) in [5.41, 5.74) is 7.31. The van der Waals surface area contributed by atoms with Crippen LogP contribution in [0.3, 0.4) is 0 Å². The molecule has 0 spiro atoms. The van der Waals surface area contributed by atoms with Gasteiger partial charge in [0.2, 0.25) is 5.28 Å². The molecule has 0 amide bonds. The summed E-state index contributed by atoms with van der Waals surface area (Å²) in [4.78, 5) is 7.42. The van der Waals surface area contributed by atoms with Gasteiger partial charge in [-0.05, 0) is 42.6 Å². The summed E-state index contributed by atoms with van der Waals surface area (Å²) in [6, 6.07) is 4.55. The van der Waals surface area contributed by atoms with E-state index in [4.69, 9.17) is 28.9 Å². The van der Waals surface area contributed by atoms with Gasteiger partial charge in [-0.2, -0.15) is 4.98 Å². The van der Waals surface area contributed by atoms with E-state index in [2.05, 4.69) is 14.7 Å². The predicted octanol–water partition coefficient (Wildman–Crippen LogP) is 2.78. The number of nitrogens with one attached hydrogen (secondary N) is 1. The number of hydrogen-bond donors (Lipinski definition) is 2. The highest BCUT2D eigenvalue weighted by atomic mass is 35.5. The van der Waals surface area contributed by atoms with E-state index in [0.29, 0.717) is 5.56 Å². The van der Waals surface area contributed by atoms with Gasteiger partial charge in [-0.15, -0.1) is 0 Å². The van der Waals surface area contributed by atoms with Gasteiger partial charge in [0.1, 0.15) is 15.9 Å². The zero-order chi connectivity index (χ0) is 15.8. The van der Waals surface area contributed by atoms with Crippen LogP contribution in [0.5, 0.6) is 0 Å². The number of sulfonamides is 1. The summed E-state index contributed by atoms with van der Waals surface area (Å²) >= 11 is 11.4. The molecule has 0 unspecified atom stereocenters. The van der Waals surface area contributed by atoms with Crippen molar-refractivity contribution in [2.45, 2.75) is 18.7 Å². The normalized spacial score (nSPS) is 11.4.